The summed E-state index contributed by atoms with van der Waals surface area (Å²) in [5.74, 6) is -4.00. The molecule has 0 spiro atoms. The van der Waals surface area contributed by atoms with Gasteiger partial charge in [-0.15, -0.1) is 13.2 Å². The summed E-state index contributed by atoms with van der Waals surface area (Å²) in [6, 6.07) is 0. The van der Waals surface area contributed by atoms with Crippen molar-refractivity contribution in [3.63, 3.8) is 0 Å². The summed E-state index contributed by atoms with van der Waals surface area (Å²) in [6.07, 6.45) is -8.93. The van der Waals surface area contributed by atoms with Crippen molar-refractivity contribution in [1.82, 2.24) is 9.80 Å². The molecule has 0 heterocycles. The van der Waals surface area contributed by atoms with E-state index in [-0.39, 0.29) is 25.9 Å². The zero-order chi connectivity index (χ0) is 21.4. The number of hydrogen-bond donors (Lipinski definition) is 0. The van der Waals surface area contributed by atoms with Gasteiger partial charge < -0.3 is 14.5 Å². The van der Waals surface area contributed by atoms with Gasteiger partial charge in [-0.2, -0.15) is 26.3 Å². The van der Waals surface area contributed by atoms with Crippen molar-refractivity contribution < 1.29 is 40.7 Å². The fraction of sp³-hybridized carbons (Fsp3) is 0.625. The molecule has 0 aliphatic carbocycles. The fourth-order valence-electron chi connectivity index (χ4n) is 1.99. The Labute approximate surface area is 153 Å². The fourth-order valence-corrected chi connectivity index (χ4v) is 1.99. The second-order valence-corrected chi connectivity index (χ2v) is 5.71. The Kier molecular flexibility index (Phi) is 9.55. The molecule has 0 aromatic carbocycles. The van der Waals surface area contributed by atoms with Crippen LogP contribution in [0.2, 0.25) is 0 Å². The lowest BCUT2D eigenvalue weighted by Gasteiger charge is -2.25. The number of amides is 2. The Balaban J connectivity index is 4.61. The highest BCUT2D eigenvalue weighted by atomic mass is 19.4. The molecule has 0 aromatic heterocycles. The van der Waals surface area contributed by atoms with Gasteiger partial charge in [0.15, 0.2) is 0 Å². The van der Waals surface area contributed by atoms with E-state index in [9.17, 15) is 35.9 Å². The first-order valence-electron chi connectivity index (χ1n) is 7.79. The first-order valence-corrected chi connectivity index (χ1v) is 7.79. The molecule has 0 saturated heterocycles. The minimum atomic E-state index is -4.99. The summed E-state index contributed by atoms with van der Waals surface area (Å²) in [7, 11) is 1.97. The van der Waals surface area contributed by atoms with Gasteiger partial charge in [0.2, 0.25) is 0 Å². The molecular formula is C16H22F6N2O3. The molecule has 5 nitrogen and oxygen atoms in total. The zero-order valence-electron chi connectivity index (χ0n) is 14.9. The van der Waals surface area contributed by atoms with Gasteiger partial charge in [0, 0.05) is 27.2 Å². The molecule has 0 radical (unpaired) electrons. The number of halogens is 6. The van der Waals surface area contributed by atoms with E-state index in [1.165, 1.54) is 12.2 Å². The van der Waals surface area contributed by atoms with E-state index < -0.39 is 36.4 Å². The molecule has 0 fully saturated rings. The number of hydrogen-bond acceptors (Lipinski definition) is 3. The summed E-state index contributed by atoms with van der Waals surface area (Å²) < 4.78 is 79.5. The molecule has 27 heavy (non-hydrogen) atoms. The van der Waals surface area contributed by atoms with Crippen LogP contribution in [-0.4, -0.2) is 73.4 Å². The molecule has 156 valence electrons. The predicted octanol–water partition coefficient (Wildman–Crippen LogP) is 2.93. The van der Waals surface area contributed by atoms with Crippen LogP contribution < -0.4 is 0 Å². The van der Waals surface area contributed by atoms with Gasteiger partial charge in [0.1, 0.15) is 0 Å². The minimum Gasteiger partial charge on any atom is -0.367 e. The maximum Gasteiger partial charge on any atom is 0.471 e. The summed E-state index contributed by atoms with van der Waals surface area (Å²) in [6.45, 7) is 6.41. The molecule has 0 bridgehead atoms. The highest BCUT2D eigenvalue weighted by Crippen LogP contribution is 2.20. The van der Waals surface area contributed by atoms with Crippen LogP contribution in [0.3, 0.4) is 0 Å². The third-order valence-corrected chi connectivity index (χ3v) is 3.55. The third-order valence-electron chi connectivity index (χ3n) is 3.55. The Morgan fingerprint density at radius 2 is 1.15 bits per heavy atom. The molecule has 11 heteroatoms. The Bertz CT molecular complexity index is 487. The van der Waals surface area contributed by atoms with Crippen LogP contribution >= 0.6 is 0 Å². The van der Waals surface area contributed by atoms with Crippen molar-refractivity contribution in [2.45, 2.75) is 37.4 Å². The van der Waals surface area contributed by atoms with Crippen LogP contribution in [0.25, 0.3) is 0 Å². The number of nitrogens with zero attached hydrogens (tertiary/aromatic N) is 2. The first-order chi connectivity index (χ1) is 12.2. The summed E-state index contributed by atoms with van der Waals surface area (Å²) >= 11 is 0. The van der Waals surface area contributed by atoms with Crippen molar-refractivity contribution in [3.05, 3.63) is 25.3 Å². The van der Waals surface area contributed by atoms with Gasteiger partial charge in [0.05, 0.1) is 12.2 Å². The molecular weight excluding hydrogens is 382 g/mol. The summed E-state index contributed by atoms with van der Waals surface area (Å²) in [5, 5.41) is 0. The maximum absolute atomic E-state index is 12.3. The average Bonchev–Trinajstić information content (AvgIpc) is 2.57. The monoisotopic (exact) mass is 404 g/mol. The number of alkyl halides is 6. The highest BCUT2D eigenvalue weighted by molar-refractivity contribution is 5.81. The average molecular weight is 404 g/mol. The standard InChI is InChI=1S/C16H22F6N2O3/c1-5-11(7-9-23(3)13(25)15(17,18)19)27-12(6-2)8-10-24(4)14(26)16(20,21)22/h5-6,11-12H,1-2,7-10H2,3-4H3. The third kappa shape index (κ3) is 8.94. The molecule has 0 aliphatic rings. The number of carbonyl (C=O) groups excluding carboxylic acids is 2. The highest BCUT2D eigenvalue weighted by Gasteiger charge is 2.42. The maximum atomic E-state index is 12.3. The Morgan fingerprint density at radius 1 is 0.852 bits per heavy atom. The van der Waals surface area contributed by atoms with Crippen LogP contribution in [0.4, 0.5) is 26.3 Å². The smallest absolute Gasteiger partial charge is 0.367 e. The molecule has 0 aliphatic heterocycles. The topological polar surface area (TPSA) is 49.9 Å². The van der Waals surface area contributed by atoms with Crippen molar-refractivity contribution in [2.75, 3.05) is 27.2 Å². The second kappa shape index (κ2) is 10.3. The van der Waals surface area contributed by atoms with Gasteiger partial charge in [-0.1, -0.05) is 12.2 Å². The van der Waals surface area contributed by atoms with E-state index >= 15 is 0 Å². The molecule has 0 rings (SSSR count). The van der Waals surface area contributed by atoms with Gasteiger partial charge in [-0.05, 0) is 12.8 Å². The van der Waals surface area contributed by atoms with Gasteiger partial charge in [0.25, 0.3) is 0 Å². The number of ether oxygens (including phenoxy) is 1. The molecule has 2 unspecified atom stereocenters. The van der Waals surface area contributed by atoms with E-state index in [1.807, 2.05) is 0 Å². The van der Waals surface area contributed by atoms with E-state index in [0.717, 1.165) is 14.1 Å². The van der Waals surface area contributed by atoms with Crippen LogP contribution in [0.15, 0.2) is 25.3 Å². The minimum absolute atomic E-state index is 0.0104. The van der Waals surface area contributed by atoms with E-state index in [0.29, 0.717) is 9.80 Å². The Morgan fingerprint density at radius 3 is 1.37 bits per heavy atom. The number of carbonyl (C=O) groups is 2. The zero-order valence-corrected chi connectivity index (χ0v) is 14.9. The SMILES string of the molecule is C=CC(CCN(C)C(=O)C(F)(F)F)OC(C=C)CCN(C)C(=O)C(F)(F)F. The van der Waals surface area contributed by atoms with Crippen LogP contribution in [0.1, 0.15) is 12.8 Å². The number of rotatable bonds is 10. The molecule has 0 saturated carbocycles. The molecule has 0 N–H and O–H groups in total. The van der Waals surface area contributed by atoms with Crippen molar-refractivity contribution in [2.24, 2.45) is 0 Å². The predicted molar refractivity (Wildman–Crippen MR) is 85.7 cm³/mol. The molecule has 2 atom stereocenters. The van der Waals surface area contributed by atoms with Crippen LogP contribution in [0, 0.1) is 0 Å². The summed E-state index contributed by atoms with van der Waals surface area (Å²) in [5.41, 5.74) is 0. The van der Waals surface area contributed by atoms with Crippen molar-refractivity contribution in [3.8, 4) is 0 Å². The Hall–Kier alpha value is -2.04. The van der Waals surface area contributed by atoms with Crippen molar-refractivity contribution in [1.29, 1.82) is 0 Å². The van der Waals surface area contributed by atoms with Gasteiger partial charge in [-0.25, -0.2) is 0 Å². The quantitative estimate of drug-likeness (QED) is 0.416. The lowest BCUT2D eigenvalue weighted by molar-refractivity contribution is -0.184. The van der Waals surface area contributed by atoms with Gasteiger partial charge in [-0.3, -0.25) is 9.59 Å². The van der Waals surface area contributed by atoms with Crippen LogP contribution in [0.5, 0.6) is 0 Å². The lowest BCUT2D eigenvalue weighted by atomic mass is 10.2. The van der Waals surface area contributed by atoms with Crippen LogP contribution in [-0.2, 0) is 14.3 Å². The van der Waals surface area contributed by atoms with E-state index in [2.05, 4.69) is 13.2 Å². The van der Waals surface area contributed by atoms with E-state index in [1.54, 1.807) is 0 Å². The second-order valence-electron chi connectivity index (χ2n) is 5.71. The largest absolute Gasteiger partial charge is 0.471 e. The van der Waals surface area contributed by atoms with Crippen molar-refractivity contribution >= 4 is 11.8 Å². The lowest BCUT2D eigenvalue weighted by Crippen LogP contribution is -2.40. The normalized spacial score (nSPS) is 14.2. The molecule has 0 aromatic rings. The summed E-state index contributed by atoms with van der Waals surface area (Å²) in [4.78, 5) is 23.1. The first kappa shape index (κ1) is 25.0. The van der Waals surface area contributed by atoms with E-state index in [4.69, 9.17) is 4.74 Å². The molecule has 2 amide bonds. The van der Waals surface area contributed by atoms with Gasteiger partial charge >= 0.3 is 24.2 Å².